The molecule has 0 N–H and O–H groups in total. The normalized spacial score (nSPS) is 19.0. The van der Waals surface area contributed by atoms with E-state index in [0.29, 0.717) is 38.0 Å². The van der Waals surface area contributed by atoms with Crippen molar-refractivity contribution >= 4 is 5.91 Å². The Morgan fingerprint density at radius 1 is 1.36 bits per heavy atom. The monoisotopic (exact) mass is 380 g/mol. The van der Waals surface area contributed by atoms with Gasteiger partial charge in [0.05, 0.1) is 24.4 Å². The molecule has 1 saturated heterocycles. The molecule has 1 atom stereocenters. The minimum Gasteiger partial charge on any atom is -0.472 e. The second-order valence-corrected chi connectivity index (χ2v) is 7.23. The first-order valence-corrected chi connectivity index (χ1v) is 9.41. The molecule has 3 aromatic heterocycles. The third-order valence-corrected chi connectivity index (χ3v) is 5.47. The van der Waals surface area contributed by atoms with E-state index in [-0.39, 0.29) is 11.8 Å². The van der Waals surface area contributed by atoms with Gasteiger partial charge in [-0.25, -0.2) is 0 Å². The molecule has 5 heterocycles. The van der Waals surface area contributed by atoms with Gasteiger partial charge in [0.15, 0.2) is 0 Å². The maximum Gasteiger partial charge on any atom is 0.261 e. The summed E-state index contributed by atoms with van der Waals surface area (Å²) in [6, 6.07) is 1.78. The van der Waals surface area contributed by atoms with Crippen LogP contribution in [0.3, 0.4) is 0 Å². The lowest BCUT2D eigenvalue weighted by molar-refractivity contribution is -0.136. The minimum atomic E-state index is -0.0193. The quantitative estimate of drug-likeness (QED) is 0.689. The van der Waals surface area contributed by atoms with Gasteiger partial charge >= 0.3 is 0 Å². The molecular weight excluding hydrogens is 360 g/mol. The highest BCUT2D eigenvalue weighted by Gasteiger charge is 2.31. The van der Waals surface area contributed by atoms with Crippen molar-refractivity contribution in [3.63, 3.8) is 0 Å². The summed E-state index contributed by atoms with van der Waals surface area (Å²) < 4.78 is 15.9. The largest absolute Gasteiger partial charge is 0.472 e. The highest BCUT2D eigenvalue weighted by Crippen LogP contribution is 2.32. The molecule has 0 aliphatic carbocycles. The first-order valence-electron chi connectivity index (χ1n) is 9.41. The Hall–Kier alpha value is -3.00. The molecule has 1 amide bonds. The van der Waals surface area contributed by atoms with Crippen molar-refractivity contribution < 1.29 is 18.5 Å². The van der Waals surface area contributed by atoms with Gasteiger partial charge in [0, 0.05) is 37.2 Å². The lowest BCUT2D eigenvalue weighted by Crippen LogP contribution is -2.40. The highest BCUT2D eigenvalue weighted by atomic mass is 16.5. The molecule has 28 heavy (non-hydrogen) atoms. The SMILES string of the molecule is Cc1ncc2c(c1-c1noc(-c3ccoc3)n1)CCN(C(=O)[C@H]1CCOC1)C2. The maximum atomic E-state index is 12.7. The molecule has 0 spiro atoms. The van der Waals surface area contributed by atoms with Crippen LogP contribution in [0, 0.1) is 12.8 Å². The van der Waals surface area contributed by atoms with Crippen molar-refractivity contribution in [3.8, 4) is 22.8 Å². The van der Waals surface area contributed by atoms with E-state index in [0.717, 1.165) is 40.8 Å². The summed E-state index contributed by atoms with van der Waals surface area (Å²) in [5.41, 5.74) is 4.66. The minimum absolute atomic E-state index is 0.0193. The summed E-state index contributed by atoms with van der Waals surface area (Å²) in [6.45, 7) is 4.36. The fourth-order valence-corrected chi connectivity index (χ4v) is 3.95. The molecule has 0 saturated carbocycles. The predicted molar refractivity (Wildman–Crippen MR) is 98.0 cm³/mol. The van der Waals surface area contributed by atoms with E-state index >= 15 is 0 Å². The number of carbonyl (C=O) groups excluding carboxylic acids is 1. The molecule has 8 heteroatoms. The van der Waals surface area contributed by atoms with Gasteiger partial charge < -0.3 is 18.6 Å². The number of rotatable bonds is 3. The Morgan fingerprint density at radius 2 is 2.29 bits per heavy atom. The van der Waals surface area contributed by atoms with Crippen LogP contribution in [0.4, 0.5) is 0 Å². The molecule has 144 valence electrons. The summed E-state index contributed by atoms with van der Waals surface area (Å²) in [5, 5.41) is 4.16. The predicted octanol–water partition coefficient (Wildman–Crippen LogP) is 2.62. The van der Waals surface area contributed by atoms with Crippen molar-refractivity contribution in [3.05, 3.63) is 41.6 Å². The van der Waals surface area contributed by atoms with E-state index in [4.69, 9.17) is 13.7 Å². The highest BCUT2D eigenvalue weighted by molar-refractivity contribution is 5.80. The standard InChI is InChI=1S/C20H20N4O4/c1-12-17(18-22-19(28-23-18)13-3-6-26-10-13)16-2-5-24(9-15(16)8-21-12)20(25)14-4-7-27-11-14/h3,6,8,10,14H,2,4-5,7,9,11H2,1H3/t14-/m0/s1. The lowest BCUT2D eigenvalue weighted by Gasteiger charge is -2.31. The number of nitrogens with zero attached hydrogens (tertiary/aromatic N) is 4. The Balaban J connectivity index is 1.45. The number of carbonyl (C=O) groups is 1. The molecule has 5 rings (SSSR count). The van der Waals surface area contributed by atoms with Crippen LogP contribution in [0.15, 0.2) is 33.7 Å². The zero-order chi connectivity index (χ0) is 19.1. The third-order valence-electron chi connectivity index (χ3n) is 5.47. The number of fused-ring (bicyclic) bond motifs is 1. The second kappa shape index (κ2) is 6.87. The fourth-order valence-electron chi connectivity index (χ4n) is 3.95. The summed E-state index contributed by atoms with van der Waals surface area (Å²) in [5.74, 6) is 1.08. The van der Waals surface area contributed by atoms with Crippen molar-refractivity contribution in [2.24, 2.45) is 5.92 Å². The Labute approximate surface area is 161 Å². The van der Waals surface area contributed by atoms with Crippen LogP contribution in [-0.2, 0) is 22.5 Å². The number of hydrogen-bond donors (Lipinski definition) is 0. The molecule has 0 radical (unpaired) electrons. The summed E-state index contributed by atoms with van der Waals surface area (Å²) in [4.78, 5) is 23.7. The molecule has 0 bridgehead atoms. The van der Waals surface area contributed by atoms with E-state index in [1.54, 1.807) is 18.6 Å². The van der Waals surface area contributed by atoms with E-state index in [2.05, 4.69) is 15.1 Å². The number of amides is 1. The number of aryl methyl sites for hydroxylation is 1. The van der Waals surface area contributed by atoms with Gasteiger partial charge in [-0.15, -0.1) is 0 Å². The van der Waals surface area contributed by atoms with Crippen LogP contribution in [-0.4, -0.2) is 45.7 Å². The van der Waals surface area contributed by atoms with Gasteiger partial charge in [0.2, 0.25) is 11.7 Å². The van der Waals surface area contributed by atoms with Crippen LogP contribution in [0.25, 0.3) is 22.8 Å². The molecule has 0 unspecified atom stereocenters. The molecule has 2 aliphatic rings. The number of ether oxygens (including phenoxy) is 1. The number of pyridine rings is 1. The Bertz CT molecular complexity index is 1010. The first kappa shape index (κ1) is 17.1. The van der Waals surface area contributed by atoms with E-state index in [1.807, 2.05) is 18.0 Å². The van der Waals surface area contributed by atoms with Crippen molar-refractivity contribution in [1.29, 1.82) is 0 Å². The van der Waals surface area contributed by atoms with Crippen LogP contribution in [0.5, 0.6) is 0 Å². The third kappa shape index (κ3) is 2.90. The van der Waals surface area contributed by atoms with Crippen molar-refractivity contribution in [2.45, 2.75) is 26.3 Å². The average Bonchev–Trinajstić information content (AvgIpc) is 3.49. The van der Waals surface area contributed by atoms with Gasteiger partial charge in [-0.3, -0.25) is 9.78 Å². The van der Waals surface area contributed by atoms with E-state index in [9.17, 15) is 4.79 Å². The van der Waals surface area contributed by atoms with Crippen LogP contribution < -0.4 is 0 Å². The fraction of sp³-hybridized carbons (Fsp3) is 0.400. The van der Waals surface area contributed by atoms with Gasteiger partial charge in [0.25, 0.3) is 5.89 Å². The zero-order valence-corrected chi connectivity index (χ0v) is 15.6. The number of furan rings is 1. The van der Waals surface area contributed by atoms with Crippen LogP contribution in [0.1, 0.15) is 23.2 Å². The Morgan fingerprint density at radius 3 is 3.07 bits per heavy atom. The van der Waals surface area contributed by atoms with E-state index in [1.165, 1.54) is 0 Å². The molecule has 8 nitrogen and oxygen atoms in total. The van der Waals surface area contributed by atoms with Crippen LogP contribution in [0.2, 0.25) is 0 Å². The van der Waals surface area contributed by atoms with Crippen LogP contribution >= 0.6 is 0 Å². The average molecular weight is 380 g/mol. The molecular formula is C20H20N4O4. The molecule has 3 aromatic rings. The second-order valence-electron chi connectivity index (χ2n) is 7.23. The molecule has 1 fully saturated rings. The number of aromatic nitrogens is 3. The smallest absolute Gasteiger partial charge is 0.261 e. The van der Waals surface area contributed by atoms with Crippen molar-refractivity contribution in [1.82, 2.24) is 20.0 Å². The van der Waals surface area contributed by atoms with Crippen molar-refractivity contribution in [2.75, 3.05) is 19.8 Å². The zero-order valence-electron chi connectivity index (χ0n) is 15.6. The topological polar surface area (TPSA) is 94.5 Å². The molecule has 2 aliphatic heterocycles. The van der Waals surface area contributed by atoms with Gasteiger partial charge in [-0.2, -0.15) is 4.98 Å². The van der Waals surface area contributed by atoms with E-state index < -0.39 is 0 Å². The van der Waals surface area contributed by atoms with Gasteiger partial charge in [-0.1, -0.05) is 5.16 Å². The van der Waals surface area contributed by atoms with Gasteiger partial charge in [0.1, 0.15) is 6.26 Å². The number of hydrogen-bond acceptors (Lipinski definition) is 7. The summed E-state index contributed by atoms with van der Waals surface area (Å²) in [6.07, 6.45) is 6.54. The maximum absolute atomic E-state index is 12.7. The first-order chi connectivity index (χ1) is 13.7. The lowest BCUT2D eigenvalue weighted by atomic mass is 9.93. The summed E-state index contributed by atoms with van der Waals surface area (Å²) >= 11 is 0. The Kier molecular flexibility index (Phi) is 4.20. The summed E-state index contributed by atoms with van der Waals surface area (Å²) in [7, 11) is 0. The van der Waals surface area contributed by atoms with Gasteiger partial charge in [-0.05, 0) is 37.0 Å². The molecule has 0 aromatic carbocycles.